The number of nitrogens with one attached hydrogen (secondary N) is 1. The summed E-state index contributed by atoms with van der Waals surface area (Å²) in [6.45, 7) is 1.53. The van der Waals surface area contributed by atoms with Crippen molar-refractivity contribution in [1.82, 2.24) is 30.3 Å². The lowest BCUT2D eigenvalue weighted by Gasteiger charge is -2.32. The van der Waals surface area contributed by atoms with Gasteiger partial charge < -0.3 is 15.0 Å². The summed E-state index contributed by atoms with van der Waals surface area (Å²) in [5.41, 5.74) is 2.13. The van der Waals surface area contributed by atoms with Crippen molar-refractivity contribution in [2.45, 2.75) is 25.0 Å². The van der Waals surface area contributed by atoms with Gasteiger partial charge in [-0.2, -0.15) is 4.68 Å². The van der Waals surface area contributed by atoms with Crippen molar-refractivity contribution in [2.75, 3.05) is 24.6 Å². The summed E-state index contributed by atoms with van der Waals surface area (Å²) in [5, 5.41) is 11.6. The standard InChI is InChI=1S/C18H19N7O2/c26-18(21-12-6-7-12)14-10-24(8-9-27-14)16-15-17(20-11-19-16)25(23-22-15)13-4-2-1-3-5-13/h1-5,11-12,14H,6-10H2,(H,21,26). The van der Waals surface area contributed by atoms with Crippen molar-refractivity contribution >= 4 is 22.9 Å². The van der Waals surface area contributed by atoms with E-state index in [4.69, 9.17) is 4.74 Å². The number of aromatic nitrogens is 5. The Hall–Kier alpha value is -3.07. The molecule has 27 heavy (non-hydrogen) atoms. The number of anilines is 1. The largest absolute Gasteiger partial charge is 0.365 e. The number of hydrogen-bond acceptors (Lipinski definition) is 7. The molecule has 1 atom stereocenters. The van der Waals surface area contributed by atoms with E-state index in [9.17, 15) is 4.79 Å². The van der Waals surface area contributed by atoms with Crippen LogP contribution in [0.3, 0.4) is 0 Å². The van der Waals surface area contributed by atoms with Crippen LogP contribution >= 0.6 is 0 Å². The molecule has 1 N–H and O–H groups in total. The second kappa shape index (κ2) is 6.58. The predicted molar refractivity (Wildman–Crippen MR) is 97.6 cm³/mol. The molecule has 1 saturated heterocycles. The van der Waals surface area contributed by atoms with Gasteiger partial charge in [-0.15, -0.1) is 5.10 Å². The minimum atomic E-state index is -0.506. The quantitative estimate of drug-likeness (QED) is 0.726. The highest BCUT2D eigenvalue weighted by molar-refractivity contribution is 5.85. The van der Waals surface area contributed by atoms with Crippen LogP contribution in [-0.4, -0.2) is 62.7 Å². The molecular weight excluding hydrogens is 346 g/mol. The predicted octanol–water partition coefficient (Wildman–Crippen LogP) is 0.694. The Labute approximate surface area is 155 Å². The zero-order valence-electron chi connectivity index (χ0n) is 14.7. The summed E-state index contributed by atoms with van der Waals surface area (Å²) in [4.78, 5) is 23.2. The maximum atomic E-state index is 12.4. The van der Waals surface area contributed by atoms with Gasteiger partial charge in [0.2, 0.25) is 0 Å². The molecule has 138 valence electrons. The van der Waals surface area contributed by atoms with Crippen molar-refractivity contribution < 1.29 is 9.53 Å². The Morgan fingerprint density at radius 2 is 2.04 bits per heavy atom. The van der Waals surface area contributed by atoms with E-state index in [1.54, 1.807) is 4.68 Å². The van der Waals surface area contributed by atoms with Crippen molar-refractivity contribution in [2.24, 2.45) is 0 Å². The monoisotopic (exact) mass is 365 g/mol. The van der Waals surface area contributed by atoms with Gasteiger partial charge in [0.05, 0.1) is 18.8 Å². The van der Waals surface area contributed by atoms with Crippen molar-refractivity contribution in [1.29, 1.82) is 0 Å². The first-order valence-corrected chi connectivity index (χ1v) is 9.08. The first kappa shape index (κ1) is 16.1. The van der Waals surface area contributed by atoms with Gasteiger partial charge in [0.25, 0.3) is 5.91 Å². The van der Waals surface area contributed by atoms with Crippen LogP contribution in [0.2, 0.25) is 0 Å². The molecule has 0 radical (unpaired) electrons. The SMILES string of the molecule is O=C(NC1CC1)C1CN(c2ncnc3c2nnn3-c2ccccc2)CCO1. The molecule has 3 aromatic rings. The molecule has 1 amide bonds. The second-order valence-electron chi connectivity index (χ2n) is 6.79. The smallest absolute Gasteiger partial charge is 0.251 e. The van der Waals surface area contributed by atoms with Gasteiger partial charge in [0.15, 0.2) is 23.1 Å². The Balaban J connectivity index is 1.44. The lowest BCUT2D eigenvalue weighted by Crippen LogP contribution is -2.50. The number of morpholine rings is 1. The minimum absolute atomic E-state index is 0.0551. The van der Waals surface area contributed by atoms with E-state index in [2.05, 4.69) is 25.6 Å². The van der Waals surface area contributed by atoms with E-state index in [0.29, 0.717) is 42.7 Å². The summed E-state index contributed by atoms with van der Waals surface area (Å²) in [6, 6.07) is 10.0. The number of rotatable bonds is 4. The molecule has 1 aliphatic carbocycles. The van der Waals surface area contributed by atoms with E-state index >= 15 is 0 Å². The molecule has 1 unspecified atom stereocenters. The van der Waals surface area contributed by atoms with Crippen molar-refractivity contribution in [3.8, 4) is 5.69 Å². The molecule has 9 heteroatoms. The fraction of sp³-hybridized carbons (Fsp3) is 0.389. The number of para-hydroxylation sites is 1. The normalized spacial score (nSPS) is 20.0. The molecule has 1 aromatic carbocycles. The molecule has 2 fully saturated rings. The molecule has 1 aliphatic heterocycles. The Morgan fingerprint density at radius 1 is 1.19 bits per heavy atom. The molecule has 9 nitrogen and oxygen atoms in total. The maximum Gasteiger partial charge on any atom is 0.251 e. The number of ether oxygens (including phenoxy) is 1. The van der Waals surface area contributed by atoms with Gasteiger partial charge in [-0.25, -0.2) is 9.97 Å². The van der Waals surface area contributed by atoms with E-state index < -0.39 is 6.10 Å². The summed E-state index contributed by atoms with van der Waals surface area (Å²) >= 11 is 0. The number of benzene rings is 1. The topological polar surface area (TPSA) is 98.1 Å². The lowest BCUT2D eigenvalue weighted by atomic mass is 10.2. The van der Waals surface area contributed by atoms with E-state index in [0.717, 1.165) is 18.5 Å². The molecular formula is C18H19N7O2. The van der Waals surface area contributed by atoms with Gasteiger partial charge >= 0.3 is 0 Å². The van der Waals surface area contributed by atoms with Gasteiger partial charge in [0, 0.05) is 12.6 Å². The number of carbonyl (C=O) groups excluding carboxylic acids is 1. The van der Waals surface area contributed by atoms with Crippen molar-refractivity contribution in [3.05, 3.63) is 36.7 Å². The summed E-state index contributed by atoms with van der Waals surface area (Å²) in [5.74, 6) is 0.621. The van der Waals surface area contributed by atoms with Crippen LogP contribution in [0.15, 0.2) is 36.7 Å². The summed E-state index contributed by atoms with van der Waals surface area (Å²) in [6.07, 6.45) is 3.11. The highest BCUT2D eigenvalue weighted by Crippen LogP contribution is 2.25. The first-order valence-electron chi connectivity index (χ1n) is 9.08. The average molecular weight is 365 g/mol. The fourth-order valence-corrected chi connectivity index (χ4v) is 3.23. The molecule has 5 rings (SSSR count). The summed E-state index contributed by atoms with van der Waals surface area (Å²) < 4.78 is 7.36. The number of nitrogens with zero attached hydrogens (tertiary/aromatic N) is 6. The van der Waals surface area contributed by atoms with Gasteiger partial charge in [0.1, 0.15) is 6.33 Å². The van der Waals surface area contributed by atoms with Gasteiger partial charge in [-0.1, -0.05) is 23.4 Å². The zero-order valence-corrected chi connectivity index (χ0v) is 14.7. The Kier molecular flexibility index (Phi) is 3.93. The van der Waals surface area contributed by atoms with Crippen LogP contribution in [0.25, 0.3) is 16.9 Å². The van der Waals surface area contributed by atoms with Gasteiger partial charge in [-0.05, 0) is 25.0 Å². The average Bonchev–Trinajstić information content (AvgIpc) is 3.43. The van der Waals surface area contributed by atoms with Crippen LogP contribution in [0, 0.1) is 0 Å². The fourth-order valence-electron chi connectivity index (χ4n) is 3.23. The zero-order chi connectivity index (χ0) is 18.2. The molecule has 0 bridgehead atoms. The molecule has 0 spiro atoms. The van der Waals surface area contributed by atoms with Crippen LogP contribution in [-0.2, 0) is 9.53 Å². The van der Waals surface area contributed by atoms with Crippen molar-refractivity contribution in [3.63, 3.8) is 0 Å². The third-order valence-corrected chi connectivity index (χ3v) is 4.80. The maximum absolute atomic E-state index is 12.4. The Bertz CT molecular complexity index is 970. The second-order valence-corrected chi connectivity index (χ2v) is 6.79. The lowest BCUT2D eigenvalue weighted by molar-refractivity contribution is -0.133. The Morgan fingerprint density at radius 3 is 2.85 bits per heavy atom. The third-order valence-electron chi connectivity index (χ3n) is 4.80. The number of fused-ring (bicyclic) bond motifs is 1. The molecule has 2 aromatic heterocycles. The van der Waals surface area contributed by atoms with Crippen LogP contribution in [0.4, 0.5) is 5.82 Å². The molecule has 1 saturated carbocycles. The van der Waals surface area contributed by atoms with Crippen LogP contribution in [0.1, 0.15) is 12.8 Å². The van der Waals surface area contributed by atoms with E-state index in [1.165, 1.54) is 6.33 Å². The highest BCUT2D eigenvalue weighted by atomic mass is 16.5. The van der Waals surface area contributed by atoms with E-state index in [-0.39, 0.29) is 5.91 Å². The number of amides is 1. The van der Waals surface area contributed by atoms with E-state index in [1.807, 2.05) is 35.2 Å². The highest BCUT2D eigenvalue weighted by Gasteiger charge is 2.32. The molecule has 2 aliphatic rings. The third kappa shape index (κ3) is 3.10. The van der Waals surface area contributed by atoms with Gasteiger partial charge in [-0.3, -0.25) is 4.79 Å². The van der Waals surface area contributed by atoms with Crippen LogP contribution < -0.4 is 10.2 Å². The first-order chi connectivity index (χ1) is 13.3. The number of carbonyl (C=O) groups is 1. The van der Waals surface area contributed by atoms with Crippen LogP contribution in [0.5, 0.6) is 0 Å². The minimum Gasteiger partial charge on any atom is -0.365 e. The molecule has 3 heterocycles. The number of hydrogen-bond donors (Lipinski definition) is 1. The summed E-state index contributed by atoms with van der Waals surface area (Å²) in [7, 11) is 0.